The fourth-order valence-electron chi connectivity index (χ4n) is 3.92. The minimum atomic E-state index is -0.238. The average molecular weight is 358 g/mol. The predicted octanol–water partition coefficient (Wildman–Crippen LogP) is 4.25. The van der Waals surface area contributed by atoms with E-state index >= 15 is 0 Å². The molecule has 1 aromatic carbocycles. The highest BCUT2D eigenvalue weighted by Crippen LogP contribution is 2.31. The molecule has 0 N–H and O–H groups in total. The second kappa shape index (κ2) is 7.26. The molecule has 2 saturated heterocycles. The lowest BCUT2D eigenvalue weighted by Gasteiger charge is -2.28. The van der Waals surface area contributed by atoms with Gasteiger partial charge in [0.05, 0.1) is 4.88 Å². The molecule has 3 heterocycles. The monoisotopic (exact) mass is 358 g/mol. The number of carbonyl (C=O) groups excluding carboxylic acids is 1. The predicted molar refractivity (Wildman–Crippen MR) is 99.4 cm³/mol. The maximum Gasteiger partial charge on any atom is 0.264 e. The van der Waals surface area contributed by atoms with Crippen LogP contribution in [0.4, 0.5) is 4.39 Å². The molecule has 0 aliphatic carbocycles. The van der Waals surface area contributed by atoms with E-state index in [4.69, 9.17) is 0 Å². The highest BCUT2D eigenvalue weighted by atomic mass is 32.1. The molecule has 2 aliphatic heterocycles. The number of thiophene rings is 1. The number of amides is 1. The summed E-state index contributed by atoms with van der Waals surface area (Å²) >= 11 is 1.50. The van der Waals surface area contributed by atoms with Crippen LogP contribution < -0.4 is 0 Å². The van der Waals surface area contributed by atoms with Gasteiger partial charge in [0.15, 0.2) is 0 Å². The Balaban J connectivity index is 1.47. The largest absolute Gasteiger partial charge is 0.334 e. The summed E-state index contributed by atoms with van der Waals surface area (Å²) in [6.45, 7) is 4.22. The van der Waals surface area contributed by atoms with E-state index in [0.29, 0.717) is 6.04 Å². The Morgan fingerprint density at radius 3 is 2.56 bits per heavy atom. The smallest absolute Gasteiger partial charge is 0.264 e. The van der Waals surface area contributed by atoms with Crippen molar-refractivity contribution >= 4 is 17.2 Å². The number of benzene rings is 1. The quantitative estimate of drug-likeness (QED) is 0.815. The normalized spacial score (nSPS) is 21.2. The van der Waals surface area contributed by atoms with Crippen LogP contribution in [0.1, 0.15) is 35.4 Å². The first-order valence-electron chi connectivity index (χ1n) is 9.10. The van der Waals surface area contributed by atoms with E-state index < -0.39 is 0 Å². The van der Waals surface area contributed by atoms with E-state index in [1.807, 2.05) is 12.1 Å². The van der Waals surface area contributed by atoms with Crippen molar-refractivity contribution in [2.24, 2.45) is 0 Å². The van der Waals surface area contributed by atoms with Crippen molar-refractivity contribution in [3.8, 4) is 10.4 Å². The van der Waals surface area contributed by atoms with Gasteiger partial charge in [-0.25, -0.2) is 4.39 Å². The van der Waals surface area contributed by atoms with Crippen LogP contribution in [0.3, 0.4) is 0 Å². The molecule has 0 bridgehead atoms. The summed E-state index contributed by atoms with van der Waals surface area (Å²) in [6, 6.07) is 10.7. The Bertz CT molecular complexity index is 736. The molecule has 1 unspecified atom stereocenters. The third kappa shape index (κ3) is 3.62. The van der Waals surface area contributed by atoms with Crippen LogP contribution in [0.5, 0.6) is 0 Å². The SMILES string of the molecule is O=C(c1ccc(-c2ccc(F)cc2)s1)N1CCCC1CN1CCCC1. The molecule has 0 radical (unpaired) electrons. The summed E-state index contributed by atoms with van der Waals surface area (Å²) in [5.41, 5.74) is 0.959. The molecule has 1 atom stereocenters. The first kappa shape index (κ1) is 16.7. The molecule has 2 aliphatic rings. The molecule has 4 rings (SSSR count). The van der Waals surface area contributed by atoms with Gasteiger partial charge in [0, 0.05) is 24.0 Å². The maximum absolute atomic E-state index is 13.1. The molecule has 5 heteroatoms. The minimum Gasteiger partial charge on any atom is -0.334 e. The molecule has 1 amide bonds. The van der Waals surface area contributed by atoms with Crippen LogP contribution >= 0.6 is 11.3 Å². The number of rotatable bonds is 4. The molecule has 0 spiro atoms. The number of nitrogens with zero attached hydrogens (tertiary/aromatic N) is 2. The van der Waals surface area contributed by atoms with Gasteiger partial charge in [-0.3, -0.25) is 4.79 Å². The summed E-state index contributed by atoms with van der Waals surface area (Å²) in [7, 11) is 0. The highest BCUT2D eigenvalue weighted by molar-refractivity contribution is 7.17. The lowest BCUT2D eigenvalue weighted by molar-refractivity contribution is 0.0713. The van der Waals surface area contributed by atoms with Crippen molar-refractivity contribution in [1.29, 1.82) is 0 Å². The topological polar surface area (TPSA) is 23.6 Å². The summed E-state index contributed by atoms with van der Waals surface area (Å²) in [4.78, 5) is 19.3. The Kier molecular flexibility index (Phi) is 4.86. The lowest BCUT2D eigenvalue weighted by atomic mass is 10.2. The molecule has 0 saturated carbocycles. The zero-order valence-corrected chi connectivity index (χ0v) is 15.1. The van der Waals surface area contributed by atoms with Crippen molar-refractivity contribution < 1.29 is 9.18 Å². The second-order valence-electron chi connectivity index (χ2n) is 6.97. The van der Waals surface area contributed by atoms with Crippen molar-refractivity contribution in [3.05, 3.63) is 47.1 Å². The third-order valence-electron chi connectivity index (χ3n) is 5.25. The Hall–Kier alpha value is -1.72. The van der Waals surface area contributed by atoms with Crippen LogP contribution in [-0.4, -0.2) is 47.9 Å². The van der Waals surface area contributed by atoms with Crippen LogP contribution in [0, 0.1) is 5.82 Å². The van der Waals surface area contributed by atoms with Crippen molar-refractivity contribution in [3.63, 3.8) is 0 Å². The van der Waals surface area contributed by atoms with Crippen LogP contribution in [0.15, 0.2) is 36.4 Å². The second-order valence-corrected chi connectivity index (χ2v) is 8.06. The zero-order valence-electron chi connectivity index (χ0n) is 14.3. The fraction of sp³-hybridized carbons (Fsp3) is 0.450. The van der Waals surface area contributed by atoms with Gasteiger partial charge in [0.2, 0.25) is 0 Å². The number of hydrogen-bond donors (Lipinski definition) is 0. The number of carbonyl (C=O) groups is 1. The Morgan fingerprint density at radius 2 is 1.80 bits per heavy atom. The maximum atomic E-state index is 13.1. The summed E-state index contributed by atoms with van der Waals surface area (Å²) < 4.78 is 13.1. The minimum absolute atomic E-state index is 0.153. The van der Waals surface area contributed by atoms with Crippen LogP contribution in [0.2, 0.25) is 0 Å². The first-order chi connectivity index (χ1) is 12.2. The molecule has 3 nitrogen and oxygen atoms in total. The summed E-state index contributed by atoms with van der Waals surface area (Å²) in [5.74, 6) is -0.0847. The number of halogens is 1. The van der Waals surface area contributed by atoms with Gasteiger partial charge in [-0.1, -0.05) is 12.1 Å². The van der Waals surface area contributed by atoms with Gasteiger partial charge in [0.1, 0.15) is 5.82 Å². The molecule has 2 aromatic rings. The van der Waals surface area contributed by atoms with Crippen LogP contribution in [0.25, 0.3) is 10.4 Å². The summed E-state index contributed by atoms with van der Waals surface area (Å²) in [5, 5.41) is 0. The van der Waals surface area contributed by atoms with Gasteiger partial charge in [-0.2, -0.15) is 0 Å². The average Bonchev–Trinajstić information content (AvgIpc) is 3.37. The highest BCUT2D eigenvalue weighted by Gasteiger charge is 2.32. The van der Waals surface area contributed by atoms with E-state index in [1.54, 1.807) is 12.1 Å². The third-order valence-corrected chi connectivity index (χ3v) is 6.37. The van der Waals surface area contributed by atoms with Gasteiger partial charge in [0.25, 0.3) is 5.91 Å². The fourth-order valence-corrected chi connectivity index (χ4v) is 4.89. The molecule has 25 heavy (non-hydrogen) atoms. The van der Waals surface area contributed by atoms with E-state index in [2.05, 4.69) is 9.80 Å². The van der Waals surface area contributed by atoms with E-state index in [-0.39, 0.29) is 11.7 Å². The van der Waals surface area contributed by atoms with Gasteiger partial charge in [-0.05, 0) is 68.6 Å². The van der Waals surface area contributed by atoms with Gasteiger partial charge >= 0.3 is 0 Å². The Morgan fingerprint density at radius 1 is 1.04 bits per heavy atom. The van der Waals surface area contributed by atoms with Crippen LogP contribution in [-0.2, 0) is 0 Å². The van der Waals surface area contributed by atoms with Gasteiger partial charge < -0.3 is 9.80 Å². The molecular formula is C20H23FN2OS. The molecule has 1 aromatic heterocycles. The van der Waals surface area contributed by atoms with E-state index in [0.717, 1.165) is 41.2 Å². The lowest BCUT2D eigenvalue weighted by Crippen LogP contribution is -2.42. The molecule has 132 valence electrons. The standard InChI is InChI=1S/C20H23FN2OS/c21-16-7-5-15(6-8-16)18-9-10-19(25-18)20(24)23-13-3-4-17(23)14-22-11-1-2-12-22/h5-10,17H,1-4,11-14H2. The zero-order chi connectivity index (χ0) is 17.2. The Labute approximate surface area is 152 Å². The molecule has 2 fully saturated rings. The van der Waals surface area contributed by atoms with Crippen molar-refractivity contribution in [2.45, 2.75) is 31.7 Å². The van der Waals surface area contributed by atoms with Crippen molar-refractivity contribution in [2.75, 3.05) is 26.2 Å². The first-order valence-corrected chi connectivity index (χ1v) is 9.91. The number of likely N-dealkylation sites (tertiary alicyclic amines) is 2. The van der Waals surface area contributed by atoms with E-state index in [9.17, 15) is 9.18 Å². The summed E-state index contributed by atoms with van der Waals surface area (Å²) in [6.07, 6.45) is 4.78. The van der Waals surface area contributed by atoms with E-state index in [1.165, 1.54) is 49.4 Å². The number of hydrogen-bond acceptors (Lipinski definition) is 3. The van der Waals surface area contributed by atoms with Crippen molar-refractivity contribution in [1.82, 2.24) is 9.80 Å². The molecular weight excluding hydrogens is 335 g/mol. The van der Waals surface area contributed by atoms with Gasteiger partial charge in [-0.15, -0.1) is 11.3 Å².